The zero-order chi connectivity index (χ0) is 25.5. The molecule has 0 unspecified atom stereocenters. The van der Waals surface area contributed by atoms with Gasteiger partial charge in [-0.15, -0.1) is 0 Å². The summed E-state index contributed by atoms with van der Waals surface area (Å²) in [7, 11) is 0. The van der Waals surface area contributed by atoms with E-state index in [1.807, 2.05) is 23.1 Å². The van der Waals surface area contributed by atoms with Gasteiger partial charge >= 0.3 is 0 Å². The Balaban J connectivity index is 0.888. The molecule has 0 atom stereocenters. The first kappa shape index (κ1) is 23.6. The second-order valence-corrected chi connectivity index (χ2v) is 11.1. The van der Waals surface area contributed by atoms with Gasteiger partial charge in [-0.05, 0) is 56.1 Å². The number of hydrogen-bond acceptors (Lipinski definition) is 5. The summed E-state index contributed by atoms with van der Waals surface area (Å²) in [5.74, 6) is 1.23. The molecule has 38 heavy (non-hydrogen) atoms. The van der Waals surface area contributed by atoms with Crippen LogP contribution >= 0.6 is 0 Å². The second-order valence-electron chi connectivity index (χ2n) is 11.1. The van der Waals surface area contributed by atoms with E-state index in [1.54, 1.807) is 6.33 Å². The van der Waals surface area contributed by atoms with Crippen LogP contribution in [0.4, 0.5) is 0 Å². The number of amides is 1. The number of piperidine rings is 1. The number of fused-ring (bicyclic) bond motifs is 1. The zero-order valence-corrected chi connectivity index (χ0v) is 21.7. The molecular weight excluding hydrogens is 474 g/mol. The van der Waals surface area contributed by atoms with E-state index in [-0.39, 0.29) is 5.92 Å². The number of benzene rings is 1. The van der Waals surface area contributed by atoms with Crippen molar-refractivity contribution in [2.75, 3.05) is 26.2 Å². The summed E-state index contributed by atoms with van der Waals surface area (Å²) in [6.45, 7) is 3.65. The Labute approximate surface area is 223 Å². The summed E-state index contributed by atoms with van der Waals surface area (Å²) in [6.07, 6.45) is 13.9. The van der Waals surface area contributed by atoms with Gasteiger partial charge in [0.05, 0.1) is 11.9 Å². The molecule has 2 saturated heterocycles. The molecule has 0 spiro atoms. The minimum atomic E-state index is 0.215. The minimum Gasteiger partial charge on any atom is -0.346 e. The summed E-state index contributed by atoms with van der Waals surface area (Å²) in [5, 5.41) is 5.64. The van der Waals surface area contributed by atoms with Crippen LogP contribution in [0.15, 0.2) is 61.3 Å². The number of aromatic amines is 1. The zero-order valence-electron chi connectivity index (χ0n) is 21.7. The first-order valence-electron chi connectivity index (χ1n) is 14.0. The highest BCUT2D eigenvalue weighted by Gasteiger charge is 2.38. The summed E-state index contributed by atoms with van der Waals surface area (Å²) >= 11 is 0. The number of rotatable bonds is 5. The molecule has 1 radical (unpaired) electrons. The van der Waals surface area contributed by atoms with E-state index >= 15 is 0 Å². The Morgan fingerprint density at radius 3 is 2.50 bits per heavy atom. The summed E-state index contributed by atoms with van der Waals surface area (Å²) in [5.41, 5.74) is 4.19. The van der Waals surface area contributed by atoms with Crippen LogP contribution in [0, 0.1) is 12.0 Å². The quantitative estimate of drug-likeness (QED) is 0.430. The predicted molar refractivity (Wildman–Crippen MR) is 146 cm³/mol. The largest absolute Gasteiger partial charge is 0.346 e. The highest BCUT2D eigenvalue weighted by Crippen LogP contribution is 2.37. The normalized spacial score (nSPS) is 23.5. The molecule has 7 rings (SSSR count). The van der Waals surface area contributed by atoms with Crippen molar-refractivity contribution in [2.45, 2.75) is 50.5 Å². The average Bonchev–Trinajstić information content (AvgIpc) is 3.63. The Bertz CT molecular complexity index is 1390. The number of hydrogen-bond donors (Lipinski definition) is 1. The molecule has 1 N–H and O–H groups in total. The van der Waals surface area contributed by atoms with Crippen molar-refractivity contribution in [1.29, 1.82) is 0 Å². The average molecular weight is 509 g/mol. The third-order valence-corrected chi connectivity index (χ3v) is 8.95. The third-order valence-electron chi connectivity index (χ3n) is 8.95. The molecule has 8 heteroatoms. The number of likely N-dealkylation sites (tertiary alicyclic amines) is 2. The van der Waals surface area contributed by atoms with Crippen molar-refractivity contribution in [3.05, 3.63) is 72.9 Å². The van der Waals surface area contributed by atoms with Crippen LogP contribution in [-0.2, 0) is 4.79 Å². The number of aromatic nitrogens is 5. The molecule has 195 valence electrons. The van der Waals surface area contributed by atoms with Crippen LogP contribution in [0.25, 0.3) is 22.3 Å². The molecule has 1 amide bonds. The van der Waals surface area contributed by atoms with E-state index in [0.29, 0.717) is 17.9 Å². The molecule has 0 bridgehead atoms. The first-order valence-corrected chi connectivity index (χ1v) is 14.0. The molecule has 3 aliphatic rings. The lowest BCUT2D eigenvalue weighted by atomic mass is 9.78. The van der Waals surface area contributed by atoms with Crippen molar-refractivity contribution in [1.82, 2.24) is 34.5 Å². The van der Waals surface area contributed by atoms with E-state index in [4.69, 9.17) is 0 Å². The molecule has 1 aliphatic carbocycles. The fourth-order valence-corrected chi connectivity index (χ4v) is 6.65. The lowest BCUT2D eigenvalue weighted by Crippen LogP contribution is -2.57. The van der Waals surface area contributed by atoms with Gasteiger partial charge in [0.1, 0.15) is 18.0 Å². The molecule has 3 fully saturated rings. The fourth-order valence-electron chi connectivity index (χ4n) is 6.65. The van der Waals surface area contributed by atoms with Gasteiger partial charge < -0.3 is 9.88 Å². The number of carbonyl (C=O) groups excluding carboxylic acids is 1. The van der Waals surface area contributed by atoms with Gasteiger partial charge in [0.25, 0.3) is 0 Å². The molecule has 1 aromatic carbocycles. The number of nitrogens with one attached hydrogen (secondary N) is 1. The van der Waals surface area contributed by atoms with Crippen molar-refractivity contribution >= 4 is 16.9 Å². The summed E-state index contributed by atoms with van der Waals surface area (Å²) in [6, 6.07) is 14.7. The van der Waals surface area contributed by atoms with Gasteiger partial charge in [0.15, 0.2) is 0 Å². The molecule has 8 nitrogen and oxygen atoms in total. The molecule has 4 aromatic rings. The SMILES string of the molecule is O=C(C1CCC(c2ccccc2)CC1)N1CCC(N2C[C](n3cc(-c4ncnc5[nH]ccc45)cn3)C2)CC1. The van der Waals surface area contributed by atoms with Crippen LogP contribution in [-0.4, -0.2) is 72.7 Å². The summed E-state index contributed by atoms with van der Waals surface area (Å²) < 4.78 is 2.01. The smallest absolute Gasteiger partial charge is 0.225 e. The van der Waals surface area contributed by atoms with Crippen molar-refractivity contribution < 1.29 is 4.79 Å². The molecule has 1 saturated carbocycles. The van der Waals surface area contributed by atoms with Crippen LogP contribution in [0.3, 0.4) is 0 Å². The van der Waals surface area contributed by atoms with Crippen LogP contribution < -0.4 is 0 Å². The van der Waals surface area contributed by atoms with E-state index in [1.165, 1.54) is 11.6 Å². The van der Waals surface area contributed by atoms with Crippen molar-refractivity contribution in [2.24, 2.45) is 5.92 Å². The molecule has 3 aromatic heterocycles. The number of nitrogens with zero attached hydrogens (tertiary/aromatic N) is 6. The van der Waals surface area contributed by atoms with Crippen LogP contribution in [0.1, 0.15) is 50.0 Å². The van der Waals surface area contributed by atoms with Crippen LogP contribution in [0.2, 0.25) is 0 Å². The van der Waals surface area contributed by atoms with Gasteiger partial charge in [-0.1, -0.05) is 30.3 Å². The third kappa shape index (κ3) is 4.41. The number of carbonyl (C=O) groups is 1. The Hall–Kier alpha value is -3.52. The number of H-pyrrole nitrogens is 1. The maximum absolute atomic E-state index is 13.3. The highest BCUT2D eigenvalue weighted by molar-refractivity contribution is 5.90. The molecule has 5 heterocycles. The molecular formula is C30H34N7O. The standard InChI is InChI=1S/C30H34N7O/c38-30(23-8-6-22(7-9-23)21-4-2-1-3-5-21)35-14-11-25(12-15-35)36-18-26(19-36)37-17-24(16-34-37)28-27-10-13-31-29(27)33-20-32-28/h1-5,10,13,16-17,20,22-23,25H,6-9,11-12,14-15,18-19H2,(H,31,32,33). The van der Waals surface area contributed by atoms with Gasteiger partial charge in [-0.3, -0.25) is 14.4 Å². The van der Waals surface area contributed by atoms with E-state index in [0.717, 1.165) is 87.0 Å². The van der Waals surface area contributed by atoms with Gasteiger partial charge in [0, 0.05) is 61.5 Å². The molecule has 2 aliphatic heterocycles. The minimum absolute atomic E-state index is 0.215. The fraction of sp³-hybridized carbons (Fsp3) is 0.433. The topological polar surface area (TPSA) is 82.9 Å². The van der Waals surface area contributed by atoms with Gasteiger partial charge in [-0.2, -0.15) is 5.10 Å². The maximum Gasteiger partial charge on any atom is 0.225 e. The predicted octanol–water partition coefficient (Wildman–Crippen LogP) is 4.48. The Morgan fingerprint density at radius 2 is 1.71 bits per heavy atom. The second kappa shape index (κ2) is 9.98. The van der Waals surface area contributed by atoms with E-state index in [9.17, 15) is 4.79 Å². The summed E-state index contributed by atoms with van der Waals surface area (Å²) in [4.78, 5) is 29.9. The van der Waals surface area contributed by atoms with Crippen LogP contribution in [0.5, 0.6) is 0 Å². The van der Waals surface area contributed by atoms with E-state index in [2.05, 4.69) is 66.4 Å². The van der Waals surface area contributed by atoms with E-state index < -0.39 is 0 Å². The van der Waals surface area contributed by atoms with Crippen molar-refractivity contribution in [3.8, 4) is 11.3 Å². The first-order chi connectivity index (χ1) is 18.7. The van der Waals surface area contributed by atoms with Crippen molar-refractivity contribution in [3.63, 3.8) is 0 Å². The van der Waals surface area contributed by atoms with Gasteiger partial charge in [-0.25, -0.2) is 9.97 Å². The lowest BCUT2D eigenvalue weighted by Gasteiger charge is -2.46. The maximum atomic E-state index is 13.3. The Kier molecular flexibility index (Phi) is 6.20. The highest BCUT2D eigenvalue weighted by atomic mass is 16.2. The van der Waals surface area contributed by atoms with Gasteiger partial charge in [0.2, 0.25) is 5.91 Å². The Morgan fingerprint density at radius 1 is 0.921 bits per heavy atom. The monoisotopic (exact) mass is 508 g/mol. The lowest BCUT2D eigenvalue weighted by molar-refractivity contribution is -0.138.